The van der Waals surface area contributed by atoms with E-state index >= 15 is 0 Å². The molecule has 0 atom stereocenters. The number of aryl methyl sites for hydroxylation is 1. The first-order valence-electron chi connectivity index (χ1n) is 10.3. The maximum atomic E-state index is 12.8. The van der Waals surface area contributed by atoms with Crippen LogP contribution in [-0.2, 0) is 21.2 Å². The number of rotatable bonds is 7. The zero-order chi connectivity index (χ0) is 26.1. The Morgan fingerprint density at radius 2 is 1.83 bits per heavy atom. The Morgan fingerprint density at radius 1 is 1.14 bits per heavy atom. The lowest BCUT2D eigenvalue weighted by molar-refractivity contribution is -0.118. The molecule has 0 spiro atoms. The molecule has 0 unspecified atom stereocenters. The van der Waals surface area contributed by atoms with Crippen LogP contribution in [0.4, 0.5) is 4.79 Å². The smallest absolute Gasteiger partial charge is 0.414 e. The lowest BCUT2D eigenvalue weighted by atomic mass is 9.99. The summed E-state index contributed by atoms with van der Waals surface area (Å²) in [6.07, 6.45) is -0.555. The number of nitrogens with two attached hydrogens (primary N) is 1. The predicted octanol–water partition coefficient (Wildman–Crippen LogP) is 2.51. The molecule has 12 heteroatoms. The molecule has 0 fully saturated rings. The number of carbonyl (C=O) groups excluding carboxylic acids is 2. The number of hydrogen-bond donors (Lipinski definition) is 1. The van der Waals surface area contributed by atoms with Gasteiger partial charge in [0.05, 0.1) is 16.5 Å². The Morgan fingerprint density at radius 3 is 2.46 bits per heavy atom. The van der Waals surface area contributed by atoms with Gasteiger partial charge in [-0.15, -0.1) is 0 Å². The van der Waals surface area contributed by atoms with Crippen LogP contribution in [0.15, 0.2) is 50.5 Å². The van der Waals surface area contributed by atoms with Gasteiger partial charge < -0.3 is 19.8 Å². The van der Waals surface area contributed by atoms with Crippen LogP contribution in [0, 0.1) is 6.92 Å². The van der Waals surface area contributed by atoms with Crippen LogP contribution in [0.25, 0.3) is 11.0 Å². The van der Waals surface area contributed by atoms with E-state index in [1.807, 2.05) is 0 Å². The monoisotopic (exact) mass is 521 g/mol. The minimum Gasteiger partial charge on any atom is -0.422 e. The molecule has 1 aromatic heterocycles. The quantitative estimate of drug-likeness (QED) is 0.471. The average molecular weight is 522 g/mol. The number of primary amides is 1. The van der Waals surface area contributed by atoms with E-state index in [0.717, 1.165) is 4.31 Å². The fourth-order valence-corrected chi connectivity index (χ4v) is 4.77. The van der Waals surface area contributed by atoms with Gasteiger partial charge in [-0.1, -0.05) is 23.7 Å². The fraction of sp³-hybridized carbons (Fsp3) is 0.261. The standard InChI is InChI=1S/C23H24ClN3O7S/c1-13-16-10-18(24)20(34-23(30)26(2)3)11-19(16)33-22(29)17(13)9-14-6-5-7-15(8-14)35(31,32)27(4)12-21(25)28/h5-8,10-11H,9,12H2,1-4H3,(H2,25,28). The molecule has 0 aliphatic rings. The molecular weight excluding hydrogens is 498 g/mol. The van der Waals surface area contributed by atoms with E-state index in [4.69, 9.17) is 26.5 Å². The molecule has 0 aliphatic heterocycles. The highest BCUT2D eigenvalue weighted by Gasteiger charge is 2.23. The minimum atomic E-state index is -3.96. The van der Waals surface area contributed by atoms with Gasteiger partial charge in [-0.05, 0) is 36.2 Å². The fourth-order valence-electron chi connectivity index (χ4n) is 3.36. The van der Waals surface area contributed by atoms with Crippen molar-refractivity contribution in [3.8, 4) is 5.75 Å². The topological polar surface area (TPSA) is 140 Å². The third kappa shape index (κ3) is 5.64. The molecule has 2 N–H and O–H groups in total. The van der Waals surface area contributed by atoms with Gasteiger partial charge in [-0.25, -0.2) is 18.0 Å². The first-order chi connectivity index (χ1) is 16.3. The number of ether oxygens (including phenoxy) is 1. The van der Waals surface area contributed by atoms with E-state index in [1.165, 1.54) is 50.3 Å². The van der Waals surface area contributed by atoms with Crippen LogP contribution in [-0.4, -0.2) is 57.3 Å². The Labute approximate surface area is 206 Å². The van der Waals surface area contributed by atoms with Crippen LogP contribution in [0.1, 0.15) is 16.7 Å². The minimum absolute atomic E-state index is 0.0445. The largest absolute Gasteiger partial charge is 0.422 e. The van der Waals surface area contributed by atoms with Gasteiger partial charge in [-0.3, -0.25) is 4.79 Å². The number of likely N-dealkylation sites (N-methyl/N-ethyl adjacent to an activating group) is 1. The van der Waals surface area contributed by atoms with Crippen molar-refractivity contribution in [3.05, 3.63) is 68.5 Å². The molecule has 3 aromatic rings. The predicted molar refractivity (Wildman–Crippen MR) is 130 cm³/mol. The normalized spacial score (nSPS) is 11.6. The first-order valence-corrected chi connectivity index (χ1v) is 12.1. The zero-order valence-electron chi connectivity index (χ0n) is 19.5. The van der Waals surface area contributed by atoms with Gasteiger partial charge in [0.2, 0.25) is 15.9 Å². The van der Waals surface area contributed by atoms with E-state index in [0.29, 0.717) is 22.1 Å². The highest BCUT2D eigenvalue weighted by atomic mass is 35.5. The van der Waals surface area contributed by atoms with Gasteiger partial charge in [-0.2, -0.15) is 4.31 Å². The Balaban J connectivity index is 2.00. The van der Waals surface area contributed by atoms with Gasteiger partial charge in [0, 0.05) is 44.6 Å². The van der Waals surface area contributed by atoms with Crippen molar-refractivity contribution in [3.63, 3.8) is 0 Å². The molecule has 2 aromatic carbocycles. The second-order valence-electron chi connectivity index (χ2n) is 8.09. The molecule has 0 aliphatic carbocycles. The lowest BCUT2D eigenvalue weighted by Gasteiger charge is -2.16. The van der Waals surface area contributed by atoms with Gasteiger partial charge in [0.1, 0.15) is 5.58 Å². The summed E-state index contributed by atoms with van der Waals surface area (Å²) in [5.41, 5.74) is 6.11. The van der Waals surface area contributed by atoms with Crippen molar-refractivity contribution in [1.82, 2.24) is 9.21 Å². The molecule has 1 heterocycles. The van der Waals surface area contributed by atoms with Gasteiger partial charge in [0.15, 0.2) is 5.75 Å². The summed E-state index contributed by atoms with van der Waals surface area (Å²) < 4.78 is 37.0. The summed E-state index contributed by atoms with van der Waals surface area (Å²) in [6, 6.07) is 8.94. The number of nitrogens with zero attached hydrogens (tertiary/aromatic N) is 2. The van der Waals surface area contributed by atoms with Crippen LogP contribution in [0.5, 0.6) is 5.75 Å². The van der Waals surface area contributed by atoms with E-state index in [2.05, 4.69) is 0 Å². The molecule has 0 saturated carbocycles. The van der Waals surface area contributed by atoms with Crippen molar-refractivity contribution in [2.75, 3.05) is 27.7 Å². The van der Waals surface area contributed by atoms with Crippen LogP contribution < -0.4 is 16.1 Å². The maximum absolute atomic E-state index is 12.8. The molecule has 35 heavy (non-hydrogen) atoms. The number of amides is 2. The second kappa shape index (κ2) is 10.1. The average Bonchev–Trinajstić information content (AvgIpc) is 2.77. The van der Waals surface area contributed by atoms with Crippen molar-refractivity contribution in [1.29, 1.82) is 0 Å². The third-order valence-corrected chi connectivity index (χ3v) is 7.36. The van der Waals surface area contributed by atoms with Gasteiger partial charge >= 0.3 is 11.7 Å². The zero-order valence-corrected chi connectivity index (χ0v) is 21.1. The number of hydrogen-bond acceptors (Lipinski definition) is 7. The lowest BCUT2D eigenvalue weighted by Crippen LogP contribution is -2.35. The van der Waals surface area contributed by atoms with Crippen molar-refractivity contribution < 1.29 is 27.2 Å². The Kier molecular flexibility index (Phi) is 7.53. The highest BCUT2D eigenvalue weighted by molar-refractivity contribution is 7.89. The molecule has 186 valence electrons. The first kappa shape index (κ1) is 26.2. The number of benzene rings is 2. The second-order valence-corrected chi connectivity index (χ2v) is 10.5. The summed E-state index contributed by atoms with van der Waals surface area (Å²) in [5, 5.41) is 0.695. The third-order valence-electron chi connectivity index (χ3n) is 5.27. The summed E-state index contributed by atoms with van der Waals surface area (Å²) in [4.78, 5) is 37.0. The Bertz CT molecular complexity index is 1480. The van der Waals surface area contributed by atoms with Crippen LogP contribution >= 0.6 is 11.6 Å². The maximum Gasteiger partial charge on any atom is 0.414 e. The van der Waals surface area contributed by atoms with Crippen molar-refractivity contribution in [2.24, 2.45) is 5.73 Å². The molecule has 10 nitrogen and oxygen atoms in total. The SMILES string of the molecule is Cc1c(Cc2cccc(S(=O)(=O)N(C)CC(N)=O)c2)c(=O)oc2cc(OC(=O)N(C)C)c(Cl)cc12. The molecule has 0 saturated heterocycles. The van der Waals surface area contributed by atoms with E-state index < -0.39 is 34.2 Å². The Hall–Kier alpha value is -3.41. The molecule has 0 radical (unpaired) electrons. The van der Waals surface area contributed by atoms with Crippen LogP contribution in [0.2, 0.25) is 5.02 Å². The molecule has 3 rings (SSSR count). The molecule has 2 amide bonds. The molecule has 0 bridgehead atoms. The molecular formula is C23H24ClN3O7S. The van der Waals surface area contributed by atoms with E-state index in [1.54, 1.807) is 19.1 Å². The van der Waals surface area contributed by atoms with E-state index in [-0.39, 0.29) is 27.7 Å². The van der Waals surface area contributed by atoms with E-state index in [9.17, 15) is 22.8 Å². The van der Waals surface area contributed by atoms with Crippen LogP contribution in [0.3, 0.4) is 0 Å². The summed E-state index contributed by atoms with van der Waals surface area (Å²) in [7, 11) is 0.326. The number of fused-ring (bicyclic) bond motifs is 1. The van der Waals surface area contributed by atoms with Gasteiger partial charge in [0.25, 0.3) is 0 Å². The summed E-state index contributed by atoms with van der Waals surface area (Å²) >= 11 is 6.29. The number of carbonyl (C=O) groups is 2. The summed E-state index contributed by atoms with van der Waals surface area (Å²) in [5.74, 6) is -0.735. The van der Waals surface area contributed by atoms with Crippen molar-refractivity contribution >= 4 is 44.6 Å². The van der Waals surface area contributed by atoms with Crippen molar-refractivity contribution in [2.45, 2.75) is 18.2 Å². The highest BCUT2D eigenvalue weighted by Crippen LogP contribution is 2.32. The summed E-state index contributed by atoms with van der Waals surface area (Å²) in [6.45, 7) is 1.25. The number of halogens is 1. The number of sulfonamides is 1.